The molecule has 0 saturated carbocycles. The SMILES string of the molecule is NC(C(=O)O)c1csc(-c2ncccn2)n1. The van der Waals surface area contributed by atoms with Crippen molar-refractivity contribution in [2.75, 3.05) is 0 Å². The summed E-state index contributed by atoms with van der Waals surface area (Å²) in [6.07, 6.45) is 3.20. The number of nitrogens with zero attached hydrogens (tertiary/aromatic N) is 3. The Morgan fingerprint density at radius 2 is 2.12 bits per heavy atom. The summed E-state index contributed by atoms with van der Waals surface area (Å²) in [6.45, 7) is 0. The molecule has 1 unspecified atom stereocenters. The lowest BCUT2D eigenvalue weighted by Gasteiger charge is -2.00. The summed E-state index contributed by atoms with van der Waals surface area (Å²) in [5.41, 5.74) is 5.75. The van der Waals surface area contributed by atoms with Crippen LogP contribution in [-0.2, 0) is 4.79 Å². The molecule has 0 radical (unpaired) electrons. The molecule has 0 aliphatic heterocycles. The van der Waals surface area contributed by atoms with Gasteiger partial charge in [0.05, 0.1) is 5.69 Å². The van der Waals surface area contributed by atoms with E-state index >= 15 is 0 Å². The molecule has 0 saturated heterocycles. The zero-order valence-electron chi connectivity index (χ0n) is 8.07. The second-order valence-electron chi connectivity index (χ2n) is 2.97. The summed E-state index contributed by atoms with van der Waals surface area (Å²) in [6, 6.07) is 0.592. The summed E-state index contributed by atoms with van der Waals surface area (Å²) < 4.78 is 0. The highest BCUT2D eigenvalue weighted by atomic mass is 32.1. The third kappa shape index (κ3) is 2.05. The van der Waals surface area contributed by atoms with Crippen LogP contribution < -0.4 is 5.73 Å². The van der Waals surface area contributed by atoms with Crippen LogP contribution in [-0.4, -0.2) is 26.0 Å². The van der Waals surface area contributed by atoms with Gasteiger partial charge in [-0.05, 0) is 6.07 Å². The van der Waals surface area contributed by atoms with Crippen molar-refractivity contribution >= 4 is 17.3 Å². The molecule has 2 rings (SSSR count). The maximum Gasteiger partial charge on any atom is 0.326 e. The van der Waals surface area contributed by atoms with E-state index in [9.17, 15) is 4.79 Å². The van der Waals surface area contributed by atoms with Crippen molar-refractivity contribution in [3.63, 3.8) is 0 Å². The van der Waals surface area contributed by atoms with Crippen LogP contribution in [0.1, 0.15) is 11.7 Å². The lowest BCUT2D eigenvalue weighted by Crippen LogP contribution is -2.20. The zero-order valence-corrected chi connectivity index (χ0v) is 8.89. The normalized spacial score (nSPS) is 12.3. The summed E-state index contributed by atoms with van der Waals surface area (Å²) >= 11 is 1.27. The fourth-order valence-corrected chi connectivity index (χ4v) is 1.87. The van der Waals surface area contributed by atoms with Gasteiger partial charge < -0.3 is 10.8 Å². The molecule has 1 atom stereocenters. The average Bonchev–Trinajstić information content (AvgIpc) is 2.78. The van der Waals surface area contributed by atoms with E-state index in [1.165, 1.54) is 11.3 Å². The van der Waals surface area contributed by atoms with Crippen LogP contribution in [0.25, 0.3) is 10.8 Å². The Balaban J connectivity index is 2.30. The molecular weight excluding hydrogens is 228 g/mol. The molecule has 0 spiro atoms. The van der Waals surface area contributed by atoms with Crippen molar-refractivity contribution in [3.05, 3.63) is 29.5 Å². The predicted octanol–water partition coefficient (Wildman–Crippen LogP) is 0.684. The molecule has 82 valence electrons. The molecule has 0 bridgehead atoms. The minimum absolute atomic E-state index is 0.319. The molecule has 7 heteroatoms. The Morgan fingerprint density at radius 1 is 1.44 bits per heavy atom. The van der Waals surface area contributed by atoms with Crippen LogP contribution in [0.3, 0.4) is 0 Å². The van der Waals surface area contributed by atoms with E-state index in [-0.39, 0.29) is 0 Å². The van der Waals surface area contributed by atoms with Crippen LogP contribution in [0.2, 0.25) is 0 Å². The van der Waals surface area contributed by atoms with E-state index in [2.05, 4.69) is 15.0 Å². The Labute approximate surface area is 94.8 Å². The molecule has 0 aliphatic rings. The first-order valence-electron chi connectivity index (χ1n) is 4.39. The van der Waals surface area contributed by atoms with Crippen molar-refractivity contribution in [3.8, 4) is 10.8 Å². The largest absolute Gasteiger partial charge is 0.480 e. The van der Waals surface area contributed by atoms with Crippen molar-refractivity contribution in [1.29, 1.82) is 0 Å². The number of nitrogens with two attached hydrogens (primary N) is 1. The highest BCUT2D eigenvalue weighted by Gasteiger charge is 2.18. The van der Waals surface area contributed by atoms with Crippen molar-refractivity contribution in [1.82, 2.24) is 15.0 Å². The maximum absolute atomic E-state index is 10.7. The molecular formula is C9H8N4O2S. The van der Waals surface area contributed by atoms with Gasteiger partial charge in [0, 0.05) is 17.8 Å². The van der Waals surface area contributed by atoms with E-state index in [0.717, 1.165) is 0 Å². The Morgan fingerprint density at radius 3 is 2.75 bits per heavy atom. The zero-order chi connectivity index (χ0) is 11.5. The monoisotopic (exact) mass is 236 g/mol. The number of thiazole rings is 1. The average molecular weight is 236 g/mol. The van der Waals surface area contributed by atoms with Gasteiger partial charge in [0.25, 0.3) is 0 Å². The smallest absolute Gasteiger partial charge is 0.326 e. The summed E-state index contributed by atoms with van der Waals surface area (Å²) in [7, 11) is 0. The molecule has 0 amide bonds. The first-order valence-corrected chi connectivity index (χ1v) is 5.27. The van der Waals surface area contributed by atoms with Crippen molar-refractivity contribution in [2.24, 2.45) is 5.73 Å². The Hall–Kier alpha value is -1.86. The fraction of sp³-hybridized carbons (Fsp3) is 0.111. The number of carboxylic acid groups (broad SMARTS) is 1. The van der Waals surface area contributed by atoms with Crippen LogP contribution in [0.5, 0.6) is 0 Å². The van der Waals surface area contributed by atoms with Crippen LogP contribution in [0, 0.1) is 0 Å². The van der Waals surface area contributed by atoms with Gasteiger partial charge in [0.2, 0.25) is 0 Å². The highest BCUT2D eigenvalue weighted by molar-refractivity contribution is 7.13. The van der Waals surface area contributed by atoms with Crippen LogP contribution in [0.15, 0.2) is 23.8 Å². The molecule has 2 aromatic rings. The predicted molar refractivity (Wildman–Crippen MR) is 57.7 cm³/mol. The van der Waals surface area contributed by atoms with Gasteiger partial charge in [-0.3, -0.25) is 4.79 Å². The third-order valence-electron chi connectivity index (χ3n) is 1.86. The second kappa shape index (κ2) is 4.33. The molecule has 0 aromatic carbocycles. The van der Waals surface area contributed by atoms with E-state index in [1.54, 1.807) is 23.8 Å². The van der Waals surface area contributed by atoms with E-state index in [4.69, 9.17) is 10.8 Å². The third-order valence-corrected chi connectivity index (χ3v) is 2.72. The lowest BCUT2D eigenvalue weighted by molar-refractivity contribution is -0.138. The number of hydrogen-bond acceptors (Lipinski definition) is 6. The van der Waals surface area contributed by atoms with E-state index < -0.39 is 12.0 Å². The van der Waals surface area contributed by atoms with E-state index in [0.29, 0.717) is 16.5 Å². The molecule has 16 heavy (non-hydrogen) atoms. The van der Waals surface area contributed by atoms with Gasteiger partial charge in [-0.25, -0.2) is 15.0 Å². The lowest BCUT2D eigenvalue weighted by atomic mass is 10.2. The topological polar surface area (TPSA) is 102 Å². The van der Waals surface area contributed by atoms with Crippen LogP contribution >= 0.6 is 11.3 Å². The first kappa shape index (κ1) is 10.7. The highest BCUT2D eigenvalue weighted by Crippen LogP contribution is 2.22. The molecule has 3 N–H and O–H groups in total. The van der Waals surface area contributed by atoms with Gasteiger partial charge in [0.1, 0.15) is 6.04 Å². The number of carboxylic acids is 1. The molecule has 2 heterocycles. The van der Waals surface area contributed by atoms with Crippen molar-refractivity contribution in [2.45, 2.75) is 6.04 Å². The number of rotatable bonds is 3. The van der Waals surface area contributed by atoms with Gasteiger partial charge in [-0.1, -0.05) is 0 Å². The standard InChI is InChI=1S/C9H8N4O2S/c10-6(9(14)15)5-4-16-8(13-5)7-11-2-1-3-12-7/h1-4,6H,10H2,(H,14,15). The Bertz CT molecular complexity index is 499. The summed E-state index contributed by atoms with van der Waals surface area (Å²) in [5.74, 6) is -0.637. The van der Waals surface area contributed by atoms with Gasteiger partial charge in [-0.15, -0.1) is 11.3 Å². The molecule has 6 nitrogen and oxygen atoms in total. The molecule has 0 aliphatic carbocycles. The number of hydrogen-bond donors (Lipinski definition) is 2. The Kier molecular flexibility index (Phi) is 2.88. The van der Waals surface area contributed by atoms with Crippen LogP contribution in [0.4, 0.5) is 0 Å². The maximum atomic E-state index is 10.7. The first-order chi connectivity index (χ1) is 7.68. The molecule has 2 aromatic heterocycles. The van der Waals surface area contributed by atoms with Gasteiger partial charge in [0.15, 0.2) is 10.8 Å². The van der Waals surface area contributed by atoms with Crippen molar-refractivity contribution < 1.29 is 9.90 Å². The summed E-state index contributed by atoms with van der Waals surface area (Å²) in [5, 5.41) is 10.9. The number of aliphatic carboxylic acids is 1. The second-order valence-corrected chi connectivity index (χ2v) is 3.82. The summed E-state index contributed by atoms with van der Waals surface area (Å²) in [4.78, 5) is 22.8. The van der Waals surface area contributed by atoms with E-state index in [1.807, 2.05) is 0 Å². The minimum Gasteiger partial charge on any atom is -0.480 e. The van der Waals surface area contributed by atoms with Gasteiger partial charge in [-0.2, -0.15) is 0 Å². The quantitative estimate of drug-likeness (QED) is 0.812. The fourth-order valence-electron chi connectivity index (χ4n) is 1.07. The number of aromatic nitrogens is 3. The van der Waals surface area contributed by atoms with Gasteiger partial charge >= 0.3 is 5.97 Å². The molecule has 0 fully saturated rings. The number of carbonyl (C=O) groups is 1. The minimum atomic E-state index is -1.11.